The van der Waals surface area contributed by atoms with E-state index in [0.29, 0.717) is 6.04 Å². The van der Waals surface area contributed by atoms with Crippen molar-refractivity contribution in [2.24, 2.45) is 5.41 Å². The van der Waals surface area contributed by atoms with E-state index >= 15 is 0 Å². The number of hydrogen-bond acceptors (Lipinski definition) is 3. The average Bonchev–Trinajstić information content (AvgIpc) is 2.15. The van der Waals surface area contributed by atoms with Crippen LogP contribution < -0.4 is 5.32 Å². The van der Waals surface area contributed by atoms with Gasteiger partial charge in [0.05, 0.1) is 0 Å². The maximum atomic E-state index is 4.58. The molecule has 1 heterocycles. The van der Waals surface area contributed by atoms with Crippen molar-refractivity contribution in [3.63, 3.8) is 0 Å². The zero-order chi connectivity index (χ0) is 13.3. The molecule has 1 atom stereocenters. The predicted octanol–water partition coefficient (Wildman–Crippen LogP) is 3.62. The Morgan fingerprint density at radius 2 is 1.71 bits per heavy atom. The first-order chi connectivity index (χ1) is 7.60. The summed E-state index contributed by atoms with van der Waals surface area (Å²) in [6, 6.07) is 2.29. The summed E-state index contributed by atoms with van der Waals surface area (Å²) >= 11 is 0. The number of hydrogen-bond donors (Lipinski definition) is 1. The van der Waals surface area contributed by atoms with Crippen LogP contribution in [0.5, 0.6) is 0 Å². The fourth-order valence-corrected chi connectivity index (χ4v) is 1.24. The monoisotopic (exact) mass is 235 g/mol. The van der Waals surface area contributed by atoms with Gasteiger partial charge in [-0.3, -0.25) is 0 Å². The zero-order valence-corrected chi connectivity index (χ0v) is 12.1. The molecule has 0 fully saturated rings. The van der Waals surface area contributed by atoms with E-state index in [-0.39, 0.29) is 10.8 Å². The second-order valence-corrected chi connectivity index (χ2v) is 6.75. The van der Waals surface area contributed by atoms with Gasteiger partial charge in [0.15, 0.2) is 0 Å². The van der Waals surface area contributed by atoms with Gasteiger partial charge in [0.25, 0.3) is 0 Å². The first-order valence-corrected chi connectivity index (χ1v) is 6.21. The Bertz CT molecular complexity index is 372. The lowest BCUT2D eigenvalue weighted by atomic mass is 9.88. The van der Waals surface area contributed by atoms with Crippen LogP contribution in [-0.4, -0.2) is 16.0 Å². The highest BCUT2D eigenvalue weighted by molar-refractivity contribution is 5.35. The number of anilines is 1. The molecule has 1 aromatic heterocycles. The van der Waals surface area contributed by atoms with Gasteiger partial charge in [0.2, 0.25) is 0 Å². The molecule has 0 aromatic carbocycles. The van der Waals surface area contributed by atoms with Crippen LogP contribution in [0.2, 0.25) is 0 Å². The van der Waals surface area contributed by atoms with Gasteiger partial charge in [0, 0.05) is 17.7 Å². The second kappa shape index (κ2) is 4.63. The fraction of sp³-hybridized carbons (Fsp3) is 0.714. The summed E-state index contributed by atoms with van der Waals surface area (Å²) in [5.74, 6) is 1.79. The molecule has 0 radical (unpaired) electrons. The Morgan fingerprint density at radius 3 is 2.18 bits per heavy atom. The predicted molar refractivity (Wildman–Crippen MR) is 73.3 cm³/mol. The molecule has 0 saturated heterocycles. The molecule has 17 heavy (non-hydrogen) atoms. The van der Waals surface area contributed by atoms with Crippen LogP contribution in [0.4, 0.5) is 5.82 Å². The number of nitrogens with one attached hydrogen (secondary N) is 1. The summed E-state index contributed by atoms with van der Waals surface area (Å²) in [6.07, 6.45) is 1.82. The van der Waals surface area contributed by atoms with E-state index in [4.69, 9.17) is 0 Å². The number of nitrogens with zero attached hydrogens (tertiary/aromatic N) is 2. The fourth-order valence-electron chi connectivity index (χ4n) is 1.24. The molecule has 0 spiro atoms. The van der Waals surface area contributed by atoms with Crippen LogP contribution in [0.15, 0.2) is 12.3 Å². The first-order valence-electron chi connectivity index (χ1n) is 6.21. The molecule has 0 bridgehead atoms. The van der Waals surface area contributed by atoms with E-state index in [1.165, 1.54) is 0 Å². The van der Waals surface area contributed by atoms with Crippen LogP contribution >= 0.6 is 0 Å². The Kier molecular flexibility index (Phi) is 3.80. The molecule has 3 nitrogen and oxygen atoms in total. The quantitative estimate of drug-likeness (QED) is 0.850. The van der Waals surface area contributed by atoms with Crippen molar-refractivity contribution in [3.05, 3.63) is 18.1 Å². The lowest BCUT2D eigenvalue weighted by Crippen LogP contribution is -2.31. The number of aromatic nitrogens is 2. The molecule has 96 valence electrons. The van der Waals surface area contributed by atoms with Crippen molar-refractivity contribution in [1.29, 1.82) is 0 Å². The molecule has 1 N–H and O–H groups in total. The van der Waals surface area contributed by atoms with Crippen molar-refractivity contribution >= 4 is 5.82 Å². The Labute approximate surface area is 105 Å². The van der Waals surface area contributed by atoms with Crippen molar-refractivity contribution < 1.29 is 0 Å². The van der Waals surface area contributed by atoms with Gasteiger partial charge in [-0.25, -0.2) is 9.97 Å². The highest BCUT2D eigenvalue weighted by Gasteiger charge is 2.21. The molecule has 0 aliphatic rings. The maximum Gasteiger partial charge on any atom is 0.135 e. The zero-order valence-electron chi connectivity index (χ0n) is 12.1. The topological polar surface area (TPSA) is 37.8 Å². The molecular weight excluding hydrogens is 210 g/mol. The van der Waals surface area contributed by atoms with E-state index < -0.39 is 0 Å². The minimum Gasteiger partial charge on any atom is -0.367 e. The minimum atomic E-state index is -0.0112. The molecule has 1 aromatic rings. The summed E-state index contributed by atoms with van der Waals surface area (Å²) in [6.45, 7) is 15.2. The van der Waals surface area contributed by atoms with Gasteiger partial charge >= 0.3 is 0 Å². The van der Waals surface area contributed by atoms with Gasteiger partial charge in [-0.05, 0) is 18.4 Å². The van der Waals surface area contributed by atoms with Crippen LogP contribution in [0.1, 0.15) is 54.3 Å². The van der Waals surface area contributed by atoms with Gasteiger partial charge in [0.1, 0.15) is 11.6 Å². The van der Waals surface area contributed by atoms with Crippen LogP contribution in [0, 0.1) is 5.41 Å². The minimum absolute atomic E-state index is 0.0112. The molecule has 1 rings (SSSR count). The van der Waals surface area contributed by atoms with E-state index in [9.17, 15) is 0 Å². The second-order valence-electron chi connectivity index (χ2n) is 6.75. The van der Waals surface area contributed by atoms with Gasteiger partial charge in [-0.15, -0.1) is 0 Å². The molecule has 0 aliphatic heterocycles. The highest BCUT2D eigenvalue weighted by Crippen LogP contribution is 2.23. The molecular formula is C14H25N3. The van der Waals surface area contributed by atoms with E-state index in [1.807, 2.05) is 12.3 Å². The van der Waals surface area contributed by atoms with Gasteiger partial charge in [-0.2, -0.15) is 0 Å². The third kappa shape index (κ3) is 3.99. The normalized spacial score (nSPS) is 14.5. The summed E-state index contributed by atoms with van der Waals surface area (Å²) in [5.41, 5.74) is 0.204. The molecule has 0 amide bonds. The lowest BCUT2D eigenvalue weighted by molar-refractivity contribution is 0.358. The van der Waals surface area contributed by atoms with E-state index in [0.717, 1.165) is 11.6 Å². The number of rotatable bonds is 2. The Balaban J connectivity index is 2.87. The van der Waals surface area contributed by atoms with E-state index in [2.05, 4.69) is 63.8 Å². The van der Waals surface area contributed by atoms with Crippen LogP contribution in [0.25, 0.3) is 0 Å². The van der Waals surface area contributed by atoms with Gasteiger partial charge < -0.3 is 5.32 Å². The summed E-state index contributed by atoms with van der Waals surface area (Å²) < 4.78 is 0. The van der Waals surface area contributed by atoms with E-state index in [1.54, 1.807) is 0 Å². The van der Waals surface area contributed by atoms with Crippen molar-refractivity contribution in [2.45, 2.75) is 59.9 Å². The third-order valence-corrected chi connectivity index (χ3v) is 2.99. The molecule has 0 aliphatic carbocycles. The largest absolute Gasteiger partial charge is 0.367 e. The van der Waals surface area contributed by atoms with Crippen molar-refractivity contribution in [2.75, 3.05) is 5.32 Å². The molecule has 1 unspecified atom stereocenters. The summed E-state index contributed by atoms with van der Waals surface area (Å²) in [4.78, 5) is 8.90. The van der Waals surface area contributed by atoms with Crippen LogP contribution in [0.3, 0.4) is 0 Å². The van der Waals surface area contributed by atoms with Crippen LogP contribution in [-0.2, 0) is 5.41 Å². The Hall–Kier alpha value is -1.12. The van der Waals surface area contributed by atoms with Crippen molar-refractivity contribution in [3.8, 4) is 0 Å². The standard InChI is InChI=1S/C14H25N3/c1-10(13(2,3)4)16-11-8-9-15-12(17-11)14(5,6)7/h8-10H,1-7H3,(H,15,16,17). The molecule has 0 saturated carbocycles. The third-order valence-electron chi connectivity index (χ3n) is 2.99. The summed E-state index contributed by atoms with van der Waals surface area (Å²) in [5, 5.41) is 3.44. The highest BCUT2D eigenvalue weighted by atomic mass is 15.1. The SMILES string of the molecule is CC(Nc1ccnc(C(C)(C)C)n1)C(C)(C)C. The average molecular weight is 235 g/mol. The smallest absolute Gasteiger partial charge is 0.135 e. The lowest BCUT2D eigenvalue weighted by Gasteiger charge is -2.29. The Morgan fingerprint density at radius 1 is 1.12 bits per heavy atom. The first kappa shape index (κ1) is 13.9. The summed E-state index contributed by atoms with van der Waals surface area (Å²) in [7, 11) is 0. The molecule has 3 heteroatoms. The maximum absolute atomic E-state index is 4.58. The van der Waals surface area contributed by atoms with Crippen molar-refractivity contribution in [1.82, 2.24) is 9.97 Å². The van der Waals surface area contributed by atoms with Gasteiger partial charge in [-0.1, -0.05) is 41.5 Å².